The molecule has 6 heteroatoms. The zero-order chi connectivity index (χ0) is 17.8. The number of nitrogens with one attached hydrogen (secondary N) is 1. The Hall–Kier alpha value is -2.99. The fourth-order valence-corrected chi connectivity index (χ4v) is 2.53. The molecule has 0 aliphatic rings. The minimum atomic E-state index is -0.989. The van der Waals surface area contributed by atoms with E-state index in [-0.39, 0.29) is 12.2 Å². The van der Waals surface area contributed by atoms with Gasteiger partial charge < -0.3 is 10.4 Å². The van der Waals surface area contributed by atoms with Crippen LogP contribution in [0, 0.1) is 12.7 Å². The number of nitrogens with zero attached hydrogens (tertiary/aromatic N) is 2. The first-order chi connectivity index (χ1) is 12.0. The molecule has 1 atom stereocenters. The topological polar surface area (TPSA) is 67.2 Å². The average Bonchev–Trinajstić information content (AvgIpc) is 3.02. The zero-order valence-corrected chi connectivity index (χ0v) is 13.7. The van der Waals surface area contributed by atoms with Crippen LogP contribution in [0.4, 0.5) is 4.39 Å². The molecule has 3 aromatic rings. The number of hydrogen-bond donors (Lipinski definition) is 2. The van der Waals surface area contributed by atoms with Crippen molar-refractivity contribution in [2.24, 2.45) is 0 Å². The Bertz CT molecular complexity index is 877. The van der Waals surface area contributed by atoms with Gasteiger partial charge in [0.25, 0.3) is 5.91 Å². The van der Waals surface area contributed by atoms with E-state index in [4.69, 9.17) is 0 Å². The van der Waals surface area contributed by atoms with E-state index in [2.05, 4.69) is 10.4 Å². The van der Waals surface area contributed by atoms with Crippen molar-refractivity contribution in [2.75, 3.05) is 6.54 Å². The summed E-state index contributed by atoms with van der Waals surface area (Å²) in [7, 11) is 0. The highest BCUT2D eigenvalue weighted by Gasteiger charge is 2.15. The lowest BCUT2D eigenvalue weighted by molar-refractivity contribution is 0.0911. The third-order valence-electron chi connectivity index (χ3n) is 3.81. The molecule has 0 aliphatic carbocycles. The molecule has 0 spiro atoms. The van der Waals surface area contributed by atoms with E-state index in [1.54, 1.807) is 16.8 Å². The maximum atomic E-state index is 13.2. The number of aliphatic hydroxyl groups is 1. The van der Waals surface area contributed by atoms with Crippen LogP contribution in [0.3, 0.4) is 0 Å². The van der Waals surface area contributed by atoms with Crippen LogP contribution >= 0.6 is 0 Å². The number of carbonyl (C=O) groups is 1. The number of aliphatic hydroxyl groups excluding tert-OH is 1. The van der Waals surface area contributed by atoms with Crippen molar-refractivity contribution >= 4 is 5.91 Å². The molecule has 25 heavy (non-hydrogen) atoms. The van der Waals surface area contributed by atoms with Gasteiger partial charge in [-0.05, 0) is 42.8 Å². The first kappa shape index (κ1) is 16.9. The Kier molecular flexibility index (Phi) is 4.90. The van der Waals surface area contributed by atoms with E-state index >= 15 is 0 Å². The van der Waals surface area contributed by atoms with Gasteiger partial charge in [-0.15, -0.1) is 0 Å². The van der Waals surface area contributed by atoms with Crippen LogP contribution < -0.4 is 5.32 Å². The molecule has 128 valence electrons. The standard InChI is InChI=1S/C19H18FN3O2/c1-13-10-17(22-23(13)16-8-3-2-4-9-16)19(25)21-12-18(24)14-6-5-7-15(20)11-14/h2-11,18,24H,12H2,1H3,(H,21,25)/t18-/m1/s1. The quantitative estimate of drug-likeness (QED) is 0.751. The van der Waals surface area contributed by atoms with Crippen molar-refractivity contribution in [3.63, 3.8) is 0 Å². The van der Waals surface area contributed by atoms with Gasteiger partial charge in [-0.2, -0.15) is 5.10 Å². The number of amides is 1. The van der Waals surface area contributed by atoms with Crippen LogP contribution in [0.1, 0.15) is 27.8 Å². The van der Waals surface area contributed by atoms with Gasteiger partial charge in [-0.25, -0.2) is 9.07 Å². The first-order valence-corrected chi connectivity index (χ1v) is 7.88. The van der Waals surface area contributed by atoms with Crippen LogP contribution in [0.2, 0.25) is 0 Å². The molecule has 2 aromatic carbocycles. The van der Waals surface area contributed by atoms with Gasteiger partial charge in [-0.1, -0.05) is 30.3 Å². The molecule has 0 fully saturated rings. The lowest BCUT2D eigenvalue weighted by atomic mass is 10.1. The van der Waals surface area contributed by atoms with Gasteiger partial charge in [-0.3, -0.25) is 4.79 Å². The van der Waals surface area contributed by atoms with Gasteiger partial charge in [0.05, 0.1) is 11.8 Å². The third kappa shape index (κ3) is 3.92. The maximum Gasteiger partial charge on any atom is 0.271 e. The second-order valence-corrected chi connectivity index (χ2v) is 5.70. The first-order valence-electron chi connectivity index (χ1n) is 7.88. The monoisotopic (exact) mass is 339 g/mol. The van der Waals surface area contributed by atoms with Crippen LogP contribution in [-0.4, -0.2) is 27.3 Å². The molecule has 0 bridgehead atoms. The SMILES string of the molecule is Cc1cc(C(=O)NC[C@@H](O)c2cccc(F)c2)nn1-c1ccccc1. The molecule has 0 unspecified atom stereocenters. The molecule has 0 saturated carbocycles. The summed E-state index contributed by atoms with van der Waals surface area (Å²) in [6.45, 7) is 1.83. The summed E-state index contributed by atoms with van der Waals surface area (Å²) in [6, 6.07) is 16.8. The number of rotatable bonds is 5. The predicted octanol–water partition coefficient (Wildman–Crippen LogP) is 2.78. The average molecular weight is 339 g/mol. The van der Waals surface area contributed by atoms with E-state index < -0.39 is 17.8 Å². The lowest BCUT2D eigenvalue weighted by Crippen LogP contribution is -2.28. The van der Waals surface area contributed by atoms with E-state index in [0.717, 1.165) is 11.4 Å². The maximum absolute atomic E-state index is 13.2. The molecule has 1 amide bonds. The minimum Gasteiger partial charge on any atom is -0.387 e. The van der Waals surface area contributed by atoms with Crippen LogP contribution in [0.15, 0.2) is 60.7 Å². The van der Waals surface area contributed by atoms with Crippen LogP contribution in [0.5, 0.6) is 0 Å². The number of carbonyl (C=O) groups excluding carboxylic acids is 1. The van der Waals surface area contributed by atoms with Crippen molar-refractivity contribution in [3.8, 4) is 5.69 Å². The third-order valence-corrected chi connectivity index (χ3v) is 3.81. The van der Waals surface area contributed by atoms with Crippen molar-refractivity contribution < 1.29 is 14.3 Å². The lowest BCUT2D eigenvalue weighted by Gasteiger charge is -2.11. The second kappa shape index (κ2) is 7.27. The number of aryl methyl sites for hydroxylation is 1. The van der Waals surface area contributed by atoms with Gasteiger partial charge in [0, 0.05) is 12.2 Å². The largest absolute Gasteiger partial charge is 0.387 e. The smallest absolute Gasteiger partial charge is 0.271 e. The Morgan fingerprint density at radius 2 is 1.96 bits per heavy atom. The summed E-state index contributed by atoms with van der Waals surface area (Å²) >= 11 is 0. The van der Waals surface area contributed by atoms with Gasteiger partial charge in [0.2, 0.25) is 0 Å². The summed E-state index contributed by atoms with van der Waals surface area (Å²) in [4.78, 5) is 12.3. The Morgan fingerprint density at radius 3 is 2.68 bits per heavy atom. The Labute approximate surface area is 144 Å². The Morgan fingerprint density at radius 1 is 1.20 bits per heavy atom. The van der Waals surface area contributed by atoms with Gasteiger partial charge >= 0.3 is 0 Å². The van der Waals surface area contributed by atoms with Crippen molar-refractivity contribution in [1.82, 2.24) is 15.1 Å². The van der Waals surface area contributed by atoms with Crippen molar-refractivity contribution in [1.29, 1.82) is 0 Å². The number of para-hydroxylation sites is 1. The van der Waals surface area contributed by atoms with Crippen molar-refractivity contribution in [2.45, 2.75) is 13.0 Å². The summed E-state index contributed by atoms with van der Waals surface area (Å²) in [6.07, 6.45) is -0.989. The Balaban J connectivity index is 1.68. The molecule has 0 saturated heterocycles. The summed E-state index contributed by atoms with van der Waals surface area (Å²) in [5.74, 6) is -0.826. The van der Waals surface area contributed by atoms with E-state index in [0.29, 0.717) is 5.56 Å². The highest BCUT2D eigenvalue weighted by molar-refractivity contribution is 5.92. The molecule has 1 aromatic heterocycles. The van der Waals surface area contributed by atoms with Gasteiger partial charge in [0.15, 0.2) is 5.69 Å². The van der Waals surface area contributed by atoms with E-state index in [1.807, 2.05) is 37.3 Å². The molecule has 0 aliphatic heterocycles. The molecule has 1 heterocycles. The molecule has 3 rings (SSSR count). The number of hydrogen-bond acceptors (Lipinski definition) is 3. The summed E-state index contributed by atoms with van der Waals surface area (Å²) in [5.41, 5.74) is 2.35. The fraction of sp³-hybridized carbons (Fsp3) is 0.158. The van der Waals surface area contributed by atoms with Crippen LogP contribution in [-0.2, 0) is 0 Å². The molecule has 5 nitrogen and oxygen atoms in total. The van der Waals surface area contributed by atoms with Crippen LogP contribution in [0.25, 0.3) is 5.69 Å². The highest BCUT2D eigenvalue weighted by Crippen LogP contribution is 2.14. The molecule has 0 radical (unpaired) electrons. The molecular formula is C19H18FN3O2. The van der Waals surface area contributed by atoms with E-state index in [1.165, 1.54) is 18.2 Å². The summed E-state index contributed by atoms with van der Waals surface area (Å²) in [5, 5.41) is 17.0. The highest BCUT2D eigenvalue weighted by atomic mass is 19.1. The fourth-order valence-electron chi connectivity index (χ4n) is 2.53. The zero-order valence-electron chi connectivity index (χ0n) is 13.7. The number of aromatic nitrogens is 2. The molecular weight excluding hydrogens is 321 g/mol. The second-order valence-electron chi connectivity index (χ2n) is 5.70. The number of benzene rings is 2. The predicted molar refractivity (Wildman–Crippen MR) is 92.0 cm³/mol. The minimum absolute atomic E-state index is 0.0282. The number of halogens is 1. The summed E-state index contributed by atoms with van der Waals surface area (Å²) < 4.78 is 14.9. The van der Waals surface area contributed by atoms with Gasteiger partial charge in [0.1, 0.15) is 5.82 Å². The van der Waals surface area contributed by atoms with Crippen molar-refractivity contribution in [3.05, 3.63) is 83.4 Å². The normalized spacial score (nSPS) is 12.0. The van der Waals surface area contributed by atoms with E-state index in [9.17, 15) is 14.3 Å². The molecule has 2 N–H and O–H groups in total.